The molecule has 1 aliphatic carbocycles. The fourth-order valence-corrected chi connectivity index (χ4v) is 3.11. The molecule has 1 aromatic carbocycles. The van der Waals surface area contributed by atoms with Gasteiger partial charge in [-0.15, -0.1) is 0 Å². The second-order valence-corrected chi connectivity index (χ2v) is 6.80. The Kier molecular flexibility index (Phi) is 5.47. The lowest BCUT2D eigenvalue weighted by atomic mass is 9.86. The number of aromatic nitrogens is 1. The third kappa shape index (κ3) is 3.54. The molecule has 1 saturated carbocycles. The van der Waals surface area contributed by atoms with Gasteiger partial charge in [0.1, 0.15) is 17.6 Å². The predicted molar refractivity (Wildman–Crippen MR) is 93.9 cm³/mol. The summed E-state index contributed by atoms with van der Waals surface area (Å²) in [7, 11) is 0. The van der Waals surface area contributed by atoms with E-state index in [9.17, 15) is 19.3 Å². The standard InChI is InChI=1S/C17H16BrFN2O5/c1-2-25-17(26-16(22)9-4-3-5-9)15-10-6-11(18)12(19)7-13(10)20-8-14(15)21(23)24/h6-9,17H,2-5H2,1H3. The van der Waals surface area contributed by atoms with Gasteiger partial charge in [0, 0.05) is 18.1 Å². The maximum atomic E-state index is 13.8. The average molecular weight is 427 g/mol. The molecule has 2 aromatic rings. The summed E-state index contributed by atoms with van der Waals surface area (Å²) >= 11 is 3.07. The van der Waals surface area contributed by atoms with Crippen LogP contribution in [0.4, 0.5) is 10.1 Å². The Morgan fingerprint density at radius 3 is 2.81 bits per heavy atom. The topological polar surface area (TPSA) is 91.6 Å². The average Bonchev–Trinajstić information content (AvgIpc) is 2.52. The van der Waals surface area contributed by atoms with Crippen molar-refractivity contribution >= 4 is 38.5 Å². The van der Waals surface area contributed by atoms with Gasteiger partial charge in [-0.1, -0.05) is 6.42 Å². The third-order valence-corrected chi connectivity index (χ3v) is 4.95. The molecule has 3 rings (SSSR count). The first-order valence-corrected chi connectivity index (χ1v) is 8.95. The minimum Gasteiger partial charge on any atom is -0.431 e. The van der Waals surface area contributed by atoms with E-state index in [1.807, 2.05) is 0 Å². The summed E-state index contributed by atoms with van der Waals surface area (Å²) in [6.07, 6.45) is 2.16. The summed E-state index contributed by atoms with van der Waals surface area (Å²) in [6.45, 7) is 1.86. The van der Waals surface area contributed by atoms with E-state index in [0.717, 1.165) is 31.5 Å². The first-order valence-electron chi connectivity index (χ1n) is 8.16. The zero-order valence-electron chi connectivity index (χ0n) is 13.9. The van der Waals surface area contributed by atoms with Crippen molar-refractivity contribution in [3.63, 3.8) is 0 Å². The zero-order chi connectivity index (χ0) is 18.8. The highest BCUT2D eigenvalue weighted by Crippen LogP contribution is 2.38. The van der Waals surface area contributed by atoms with Crippen molar-refractivity contribution in [2.45, 2.75) is 32.5 Å². The van der Waals surface area contributed by atoms with Gasteiger partial charge in [-0.2, -0.15) is 0 Å². The van der Waals surface area contributed by atoms with Gasteiger partial charge in [-0.25, -0.2) is 9.37 Å². The quantitative estimate of drug-likeness (QED) is 0.293. The van der Waals surface area contributed by atoms with Crippen LogP contribution in [0, 0.1) is 21.8 Å². The van der Waals surface area contributed by atoms with Crippen LogP contribution in [-0.4, -0.2) is 22.5 Å². The van der Waals surface area contributed by atoms with Crippen LogP contribution >= 0.6 is 15.9 Å². The van der Waals surface area contributed by atoms with Crippen molar-refractivity contribution in [1.29, 1.82) is 0 Å². The molecule has 0 amide bonds. The summed E-state index contributed by atoms with van der Waals surface area (Å²) in [6, 6.07) is 2.53. The smallest absolute Gasteiger partial charge is 0.311 e. The van der Waals surface area contributed by atoms with Crippen LogP contribution in [0.15, 0.2) is 22.8 Å². The van der Waals surface area contributed by atoms with Crippen molar-refractivity contribution in [2.75, 3.05) is 6.61 Å². The van der Waals surface area contributed by atoms with Gasteiger partial charge in [-0.05, 0) is 41.8 Å². The number of fused-ring (bicyclic) bond motifs is 1. The number of halogens is 2. The molecule has 0 aliphatic heterocycles. The highest BCUT2D eigenvalue weighted by Gasteiger charge is 2.34. The molecule has 1 aliphatic rings. The maximum absolute atomic E-state index is 13.8. The highest BCUT2D eigenvalue weighted by atomic mass is 79.9. The Morgan fingerprint density at radius 1 is 1.50 bits per heavy atom. The van der Waals surface area contributed by atoms with Crippen molar-refractivity contribution in [3.8, 4) is 0 Å². The van der Waals surface area contributed by atoms with Gasteiger partial charge in [0.25, 0.3) is 5.69 Å². The third-order valence-electron chi connectivity index (χ3n) is 4.34. The van der Waals surface area contributed by atoms with E-state index in [2.05, 4.69) is 20.9 Å². The number of pyridine rings is 1. The Labute approximate surface area is 156 Å². The summed E-state index contributed by atoms with van der Waals surface area (Å²) < 4.78 is 24.9. The fraction of sp³-hybridized carbons (Fsp3) is 0.412. The number of rotatable bonds is 6. The minimum absolute atomic E-state index is 0.0511. The lowest BCUT2D eigenvalue weighted by Crippen LogP contribution is -2.27. The van der Waals surface area contributed by atoms with E-state index in [1.54, 1.807) is 6.92 Å². The van der Waals surface area contributed by atoms with Crippen molar-refractivity contribution in [2.24, 2.45) is 5.92 Å². The number of nitrogens with zero attached hydrogens (tertiary/aromatic N) is 2. The summed E-state index contributed by atoms with van der Waals surface area (Å²) in [4.78, 5) is 27.1. The van der Waals surface area contributed by atoms with Gasteiger partial charge in [0.15, 0.2) is 0 Å². The van der Waals surface area contributed by atoms with Crippen LogP contribution in [-0.2, 0) is 14.3 Å². The largest absolute Gasteiger partial charge is 0.431 e. The normalized spacial score (nSPS) is 15.5. The molecular weight excluding hydrogens is 411 g/mol. The van der Waals surface area contributed by atoms with E-state index in [1.165, 1.54) is 6.07 Å². The molecule has 0 saturated heterocycles. The first-order chi connectivity index (χ1) is 12.4. The molecule has 7 nitrogen and oxygen atoms in total. The molecule has 1 atom stereocenters. The number of esters is 1. The van der Waals surface area contributed by atoms with Gasteiger partial charge in [-0.3, -0.25) is 14.9 Å². The number of carbonyl (C=O) groups is 1. The van der Waals surface area contributed by atoms with E-state index in [0.29, 0.717) is 0 Å². The van der Waals surface area contributed by atoms with Crippen LogP contribution in [0.1, 0.15) is 38.0 Å². The summed E-state index contributed by atoms with van der Waals surface area (Å²) in [5.74, 6) is -1.21. The van der Waals surface area contributed by atoms with Crippen LogP contribution in [0.25, 0.3) is 10.9 Å². The first kappa shape index (κ1) is 18.7. The SMILES string of the molecule is CCOC(OC(=O)C1CCC1)c1c([N+](=O)[O-])cnc2cc(F)c(Br)cc12. The van der Waals surface area contributed by atoms with Crippen LogP contribution in [0.2, 0.25) is 0 Å². The van der Waals surface area contributed by atoms with Crippen molar-refractivity contribution < 1.29 is 23.6 Å². The maximum Gasteiger partial charge on any atom is 0.311 e. The molecule has 1 unspecified atom stereocenters. The van der Waals surface area contributed by atoms with Gasteiger partial charge in [0.2, 0.25) is 6.29 Å². The lowest BCUT2D eigenvalue weighted by Gasteiger charge is -2.26. The number of hydrogen-bond donors (Lipinski definition) is 0. The number of benzene rings is 1. The molecule has 9 heteroatoms. The molecule has 26 heavy (non-hydrogen) atoms. The van der Waals surface area contributed by atoms with Crippen molar-refractivity contribution in [1.82, 2.24) is 4.98 Å². The molecular formula is C17H16BrFN2O5. The monoisotopic (exact) mass is 426 g/mol. The van der Waals surface area contributed by atoms with Crippen LogP contribution in [0.3, 0.4) is 0 Å². The molecule has 138 valence electrons. The second-order valence-electron chi connectivity index (χ2n) is 5.95. The van der Waals surface area contributed by atoms with E-state index >= 15 is 0 Å². The number of ether oxygens (including phenoxy) is 2. The zero-order valence-corrected chi connectivity index (χ0v) is 15.5. The summed E-state index contributed by atoms with van der Waals surface area (Å²) in [5.41, 5.74) is -0.0956. The van der Waals surface area contributed by atoms with Gasteiger partial charge < -0.3 is 9.47 Å². The Morgan fingerprint density at radius 2 is 2.23 bits per heavy atom. The number of nitro groups is 1. The van der Waals surface area contributed by atoms with Gasteiger partial charge in [0.05, 0.1) is 20.8 Å². The summed E-state index contributed by atoms with van der Waals surface area (Å²) in [5, 5.41) is 11.8. The molecule has 0 N–H and O–H groups in total. The van der Waals surface area contributed by atoms with E-state index in [4.69, 9.17) is 9.47 Å². The minimum atomic E-state index is -1.27. The lowest BCUT2D eigenvalue weighted by molar-refractivity contribution is -0.387. The number of hydrogen-bond acceptors (Lipinski definition) is 6. The number of carbonyl (C=O) groups excluding carboxylic acids is 1. The van der Waals surface area contributed by atoms with Crippen molar-refractivity contribution in [3.05, 3.63) is 44.3 Å². The Balaban J connectivity index is 2.13. The molecule has 0 spiro atoms. The Bertz CT molecular complexity index is 872. The predicted octanol–water partition coefficient (Wildman–Crippen LogP) is 4.42. The van der Waals surface area contributed by atoms with E-state index in [-0.39, 0.29) is 39.2 Å². The Hall–Kier alpha value is -2.13. The molecule has 1 heterocycles. The van der Waals surface area contributed by atoms with Crippen LogP contribution < -0.4 is 0 Å². The molecule has 0 radical (unpaired) electrons. The van der Waals surface area contributed by atoms with E-state index < -0.39 is 23.0 Å². The fourth-order valence-electron chi connectivity index (χ4n) is 2.76. The second kappa shape index (κ2) is 7.63. The molecule has 0 bridgehead atoms. The highest BCUT2D eigenvalue weighted by molar-refractivity contribution is 9.10. The molecule has 1 fully saturated rings. The van der Waals surface area contributed by atoms with Gasteiger partial charge >= 0.3 is 5.97 Å². The molecule has 1 aromatic heterocycles. The van der Waals surface area contributed by atoms with Crippen LogP contribution in [0.5, 0.6) is 0 Å².